The number of hydrogen-bond acceptors (Lipinski definition) is 8. The molecule has 0 saturated carbocycles. The zero-order valence-corrected chi connectivity index (χ0v) is 22.4. The molecule has 5 rings (SSSR count). The molecular weight excluding hydrogens is 496 g/mol. The van der Waals surface area contributed by atoms with E-state index in [1.54, 1.807) is 24.1 Å². The molecule has 1 N–H and O–H groups in total. The number of piperazine rings is 1. The van der Waals surface area contributed by atoms with E-state index in [0.717, 1.165) is 30.2 Å². The molecule has 1 atom stereocenters. The molecule has 2 saturated heterocycles. The lowest BCUT2D eigenvalue weighted by atomic mass is 10.1. The molecule has 2 aliphatic heterocycles. The summed E-state index contributed by atoms with van der Waals surface area (Å²) in [5.74, 6) is 0.767. The summed E-state index contributed by atoms with van der Waals surface area (Å²) in [6.07, 6.45) is 3.50. The van der Waals surface area contributed by atoms with Gasteiger partial charge in [-0.15, -0.1) is 0 Å². The van der Waals surface area contributed by atoms with Crippen LogP contribution in [0.25, 0.3) is 10.8 Å². The fourth-order valence-electron chi connectivity index (χ4n) is 5.09. The molecule has 1 aromatic heterocycles. The monoisotopic (exact) mass is 530 g/mol. The maximum absolute atomic E-state index is 13.5. The van der Waals surface area contributed by atoms with Crippen LogP contribution in [-0.4, -0.2) is 91.1 Å². The lowest BCUT2D eigenvalue weighted by Crippen LogP contribution is -2.48. The van der Waals surface area contributed by atoms with E-state index >= 15 is 0 Å². The summed E-state index contributed by atoms with van der Waals surface area (Å²) in [5, 5.41) is 4.86. The van der Waals surface area contributed by atoms with Crippen molar-refractivity contribution >= 4 is 34.1 Å². The summed E-state index contributed by atoms with van der Waals surface area (Å²) in [6, 6.07) is 13.6. The van der Waals surface area contributed by atoms with Crippen LogP contribution < -0.4 is 19.7 Å². The summed E-state index contributed by atoms with van der Waals surface area (Å²) in [6.45, 7) is 7.28. The van der Waals surface area contributed by atoms with Gasteiger partial charge < -0.3 is 29.5 Å². The number of carbonyl (C=O) groups is 2. The highest BCUT2D eigenvalue weighted by Crippen LogP contribution is 2.30. The van der Waals surface area contributed by atoms with Crippen molar-refractivity contribution in [3.63, 3.8) is 0 Å². The van der Waals surface area contributed by atoms with E-state index in [1.165, 1.54) is 6.08 Å². The minimum Gasteiger partial charge on any atom is -0.497 e. The highest BCUT2D eigenvalue weighted by molar-refractivity contribution is 6.09. The fraction of sp³-hybridized carbons (Fsp3) is 0.379. The van der Waals surface area contributed by atoms with Crippen molar-refractivity contribution in [3.05, 3.63) is 60.8 Å². The van der Waals surface area contributed by atoms with Crippen LogP contribution in [0.5, 0.6) is 11.8 Å². The van der Waals surface area contributed by atoms with Gasteiger partial charge in [0.2, 0.25) is 5.91 Å². The second-order valence-electron chi connectivity index (χ2n) is 9.85. The van der Waals surface area contributed by atoms with Crippen molar-refractivity contribution < 1.29 is 19.1 Å². The van der Waals surface area contributed by atoms with Crippen molar-refractivity contribution in [2.24, 2.45) is 0 Å². The third kappa shape index (κ3) is 5.96. The Morgan fingerprint density at radius 1 is 1.10 bits per heavy atom. The van der Waals surface area contributed by atoms with Crippen molar-refractivity contribution in [1.82, 2.24) is 19.8 Å². The first-order valence-electron chi connectivity index (χ1n) is 13.2. The molecule has 2 fully saturated rings. The van der Waals surface area contributed by atoms with Crippen molar-refractivity contribution in [1.29, 1.82) is 0 Å². The molecule has 2 aliphatic rings. The first-order chi connectivity index (χ1) is 18.9. The molecule has 39 heavy (non-hydrogen) atoms. The lowest BCUT2D eigenvalue weighted by molar-refractivity contribution is -0.126. The number of likely N-dealkylation sites (tertiary alicyclic amines) is 1. The maximum atomic E-state index is 13.5. The van der Waals surface area contributed by atoms with E-state index in [4.69, 9.17) is 9.47 Å². The van der Waals surface area contributed by atoms with Gasteiger partial charge in [-0.05, 0) is 44.0 Å². The molecule has 0 spiro atoms. The van der Waals surface area contributed by atoms with Crippen LogP contribution in [0.4, 0.5) is 11.5 Å². The summed E-state index contributed by atoms with van der Waals surface area (Å²) in [4.78, 5) is 40.8. The number of methoxy groups -OCH3 is 1. The van der Waals surface area contributed by atoms with E-state index in [9.17, 15) is 9.59 Å². The van der Waals surface area contributed by atoms with Crippen LogP contribution in [0.1, 0.15) is 23.3 Å². The molecule has 10 nitrogen and oxygen atoms in total. The molecule has 2 aromatic carbocycles. The number of rotatable bonds is 8. The van der Waals surface area contributed by atoms with E-state index in [0.29, 0.717) is 50.0 Å². The van der Waals surface area contributed by atoms with Crippen LogP contribution >= 0.6 is 0 Å². The molecule has 0 radical (unpaired) electrons. The standard InChI is InChI=1S/C29H34N6O4/c1-4-27(36)35-14-12-34(13-15-35)26-18-25(31-29(32-26)39-19-21-9-7-11-33(21)2)28(37)30-24-17-22(38-3)16-20-8-5-6-10-23(20)24/h4-6,8,10,16-18,21H,1,7,9,11-15,19H2,2-3H3,(H,30,37)/t21-/m0/s1. The number of nitrogens with zero attached hydrogens (tertiary/aromatic N) is 5. The van der Waals surface area contributed by atoms with E-state index in [2.05, 4.69) is 33.8 Å². The Hall–Kier alpha value is -4.18. The zero-order valence-electron chi connectivity index (χ0n) is 22.4. The number of anilines is 2. The quantitative estimate of drug-likeness (QED) is 0.444. The van der Waals surface area contributed by atoms with Gasteiger partial charge >= 0.3 is 6.01 Å². The van der Waals surface area contributed by atoms with Gasteiger partial charge in [0.15, 0.2) is 0 Å². The van der Waals surface area contributed by atoms with Crippen molar-refractivity contribution in [3.8, 4) is 11.8 Å². The number of nitrogens with one attached hydrogen (secondary N) is 1. The molecule has 10 heteroatoms. The molecule has 0 bridgehead atoms. The minimum atomic E-state index is -0.375. The number of fused-ring (bicyclic) bond motifs is 1. The highest BCUT2D eigenvalue weighted by Gasteiger charge is 2.25. The first-order valence-corrected chi connectivity index (χ1v) is 13.2. The third-order valence-electron chi connectivity index (χ3n) is 7.41. The SMILES string of the molecule is C=CC(=O)N1CCN(c2cc(C(=O)Nc3cc(OC)cc4ccccc34)nc(OC[C@@H]3CCCN3C)n2)CC1. The van der Waals surface area contributed by atoms with E-state index in [1.807, 2.05) is 35.2 Å². The zero-order chi connectivity index (χ0) is 27.4. The number of aromatic nitrogens is 2. The van der Waals surface area contributed by atoms with Gasteiger partial charge in [0.05, 0.1) is 12.8 Å². The Kier molecular flexibility index (Phi) is 7.92. The normalized spacial score (nSPS) is 17.7. The van der Waals surface area contributed by atoms with Gasteiger partial charge in [0.25, 0.3) is 5.91 Å². The van der Waals surface area contributed by atoms with E-state index < -0.39 is 0 Å². The molecule has 2 amide bonds. The molecule has 0 unspecified atom stereocenters. The Labute approximate surface area is 228 Å². The summed E-state index contributed by atoms with van der Waals surface area (Å²) < 4.78 is 11.5. The molecular formula is C29H34N6O4. The van der Waals surface area contributed by atoms with Gasteiger partial charge in [-0.1, -0.05) is 30.8 Å². The predicted molar refractivity (Wildman–Crippen MR) is 151 cm³/mol. The molecule has 204 valence electrons. The predicted octanol–water partition coefficient (Wildman–Crippen LogP) is 3.20. The average Bonchev–Trinajstić information content (AvgIpc) is 3.39. The van der Waals surface area contributed by atoms with Crippen LogP contribution in [0.2, 0.25) is 0 Å². The number of ether oxygens (including phenoxy) is 2. The van der Waals surface area contributed by atoms with Crippen LogP contribution in [-0.2, 0) is 4.79 Å². The Morgan fingerprint density at radius 2 is 1.90 bits per heavy atom. The highest BCUT2D eigenvalue weighted by atomic mass is 16.5. The van der Waals surface area contributed by atoms with Crippen LogP contribution in [0, 0.1) is 0 Å². The number of likely N-dealkylation sites (N-methyl/N-ethyl adjacent to an activating group) is 1. The molecule has 3 heterocycles. The van der Waals surface area contributed by atoms with E-state index in [-0.39, 0.29) is 29.6 Å². The second kappa shape index (κ2) is 11.7. The minimum absolute atomic E-state index is 0.0902. The Bertz CT molecular complexity index is 1370. The second-order valence-corrected chi connectivity index (χ2v) is 9.85. The third-order valence-corrected chi connectivity index (χ3v) is 7.41. The number of hydrogen-bond donors (Lipinski definition) is 1. The molecule has 0 aliphatic carbocycles. The first kappa shape index (κ1) is 26.4. The van der Waals surface area contributed by atoms with Gasteiger partial charge in [0.1, 0.15) is 23.9 Å². The number of carbonyl (C=O) groups excluding carboxylic acids is 2. The van der Waals surface area contributed by atoms with Crippen molar-refractivity contribution in [2.75, 3.05) is 63.7 Å². The fourth-order valence-corrected chi connectivity index (χ4v) is 5.09. The van der Waals surface area contributed by atoms with Gasteiger partial charge in [-0.2, -0.15) is 9.97 Å². The van der Waals surface area contributed by atoms with Gasteiger partial charge in [-0.25, -0.2) is 0 Å². The average molecular weight is 531 g/mol. The number of amides is 2. The smallest absolute Gasteiger partial charge is 0.319 e. The number of benzene rings is 2. The largest absolute Gasteiger partial charge is 0.497 e. The topological polar surface area (TPSA) is 100 Å². The Balaban J connectivity index is 1.42. The van der Waals surface area contributed by atoms with Crippen molar-refractivity contribution in [2.45, 2.75) is 18.9 Å². The van der Waals surface area contributed by atoms with Gasteiger partial charge in [-0.3, -0.25) is 9.59 Å². The summed E-state index contributed by atoms with van der Waals surface area (Å²) >= 11 is 0. The maximum Gasteiger partial charge on any atom is 0.319 e. The Morgan fingerprint density at radius 3 is 2.62 bits per heavy atom. The summed E-state index contributed by atoms with van der Waals surface area (Å²) in [5.41, 5.74) is 0.827. The van der Waals surface area contributed by atoms with Gasteiger partial charge in [0, 0.05) is 49.7 Å². The lowest BCUT2D eigenvalue weighted by Gasteiger charge is -2.35. The van der Waals surface area contributed by atoms with Crippen LogP contribution in [0.15, 0.2) is 55.1 Å². The van der Waals surface area contributed by atoms with Crippen LogP contribution in [0.3, 0.4) is 0 Å². The molecule has 3 aromatic rings. The summed E-state index contributed by atoms with van der Waals surface area (Å²) in [7, 11) is 3.68.